The molecule has 0 saturated carbocycles. The lowest BCUT2D eigenvalue weighted by Crippen LogP contribution is -2.39. The molecule has 1 amide bonds. The summed E-state index contributed by atoms with van der Waals surface area (Å²) < 4.78 is 0.291. The van der Waals surface area contributed by atoms with Crippen LogP contribution in [0.25, 0.3) is 0 Å². The van der Waals surface area contributed by atoms with E-state index in [1.54, 1.807) is 18.9 Å². The molecule has 7 heteroatoms. The summed E-state index contributed by atoms with van der Waals surface area (Å²) in [6.45, 7) is 4.25. The van der Waals surface area contributed by atoms with Gasteiger partial charge in [0.25, 0.3) is 5.56 Å². The first-order valence-corrected chi connectivity index (χ1v) is 6.01. The summed E-state index contributed by atoms with van der Waals surface area (Å²) in [6.07, 6.45) is 1.29. The SMILES string of the molecule is CCN(C)C(=O)C(C)Nc1nc[nH]c(=O)c1Br. The fourth-order valence-corrected chi connectivity index (χ4v) is 1.57. The van der Waals surface area contributed by atoms with E-state index in [1.807, 2.05) is 6.92 Å². The molecular formula is C10H15BrN4O2. The number of carbonyl (C=O) groups is 1. The van der Waals surface area contributed by atoms with E-state index in [1.165, 1.54) is 6.33 Å². The van der Waals surface area contributed by atoms with Crippen LogP contribution in [0.4, 0.5) is 5.82 Å². The van der Waals surface area contributed by atoms with Gasteiger partial charge in [-0.3, -0.25) is 9.59 Å². The molecule has 1 aromatic rings. The van der Waals surface area contributed by atoms with Gasteiger partial charge < -0.3 is 15.2 Å². The summed E-state index contributed by atoms with van der Waals surface area (Å²) in [5, 5.41) is 2.90. The Labute approximate surface area is 108 Å². The Hall–Kier alpha value is -1.37. The van der Waals surface area contributed by atoms with Gasteiger partial charge in [-0.25, -0.2) is 4.98 Å². The van der Waals surface area contributed by atoms with Crippen molar-refractivity contribution < 1.29 is 4.79 Å². The predicted octanol–water partition coefficient (Wildman–Crippen LogP) is 0.811. The number of rotatable bonds is 4. The Bertz CT molecular complexity index is 460. The van der Waals surface area contributed by atoms with E-state index < -0.39 is 6.04 Å². The van der Waals surface area contributed by atoms with E-state index in [9.17, 15) is 9.59 Å². The van der Waals surface area contributed by atoms with Crippen molar-refractivity contribution in [3.8, 4) is 0 Å². The number of carbonyl (C=O) groups excluding carboxylic acids is 1. The molecule has 0 aliphatic rings. The fourth-order valence-electron chi connectivity index (χ4n) is 1.24. The number of amides is 1. The van der Waals surface area contributed by atoms with E-state index >= 15 is 0 Å². The highest BCUT2D eigenvalue weighted by atomic mass is 79.9. The zero-order valence-corrected chi connectivity index (χ0v) is 11.5. The first-order chi connectivity index (χ1) is 7.97. The number of halogens is 1. The molecule has 0 saturated heterocycles. The average Bonchev–Trinajstić information content (AvgIpc) is 2.32. The maximum Gasteiger partial charge on any atom is 0.267 e. The van der Waals surface area contributed by atoms with Gasteiger partial charge in [-0.05, 0) is 29.8 Å². The lowest BCUT2D eigenvalue weighted by molar-refractivity contribution is -0.130. The third kappa shape index (κ3) is 3.29. The Balaban J connectivity index is 2.81. The molecule has 1 atom stereocenters. The number of anilines is 1. The Morgan fingerprint density at radius 3 is 2.94 bits per heavy atom. The van der Waals surface area contributed by atoms with Crippen LogP contribution in [0, 0.1) is 0 Å². The normalized spacial score (nSPS) is 12.0. The molecular weight excluding hydrogens is 288 g/mol. The molecule has 1 rings (SSSR count). The summed E-state index contributed by atoms with van der Waals surface area (Å²) in [5.74, 6) is 0.306. The highest BCUT2D eigenvalue weighted by Crippen LogP contribution is 2.14. The second kappa shape index (κ2) is 5.81. The van der Waals surface area contributed by atoms with E-state index in [0.29, 0.717) is 16.8 Å². The zero-order valence-electron chi connectivity index (χ0n) is 9.95. The number of likely N-dealkylation sites (N-methyl/N-ethyl adjacent to an activating group) is 1. The Morgan fingerprint density at radius 1 is 1.71 bits per heavy atom. The quantitative estimate of drug-likeness (QED) is 0.863. The minimum absolute atomic E-state index is 0.0542. The van der Waals surface area contributed by atoms with Crippen LogP contribution in [0.3, 0.4) is 0 Å². The van der Waals surface area contributed by atoms with Gasteiger partial charge in [-0.1, -0.05) is 0 Å². The first kappa shape index (κ1) is 13.7. The van der Waals surface area contributed by atoms with Crippen molar-refractivity contribution in [1.82, 2.24) is 14.9 Å². The number of hydrogen-bond donors (Lipinski definition) is 2. The van der Waals surface area contributed by atoms with Crippen LogP contribution in [-0.2, 0) is 4.79 Å². The lowest BCUT2D eigenvalue weighted by Gasteiger charge is -2.21. The largest absolute Gasteiger partial charge is 0.357 e. The van der Waals surface area contributed by atoms with Gasteiger partial charge in [0.05, 0.1) is 6.33 Å². The van der Waals surface area contributed by atoms with Crippen LogP contribution in [0.1, 0.15) is 13.8 Å². The van der Waals surface area contributed by atoms with E-state index in [-0.39, 0.29) is 11.5 Å². The molecule has 0 spiro atoms. The van der Waals surface area contributed by atoms with Gasteiger partial charge in [0, 0.05) is 13.6 Å². The van der Waals surface area contributed by atoms with Crippen molar-refractivity contribution in [2.24, 2.45) is 0 Å². The number of H-pyrrole nitrogens is 1. The minimum Gasteiger partial charge on any atom is -0.357 e. The lowest BCUT2D eigenvalue weighted by atomic mass is 10.3. The molecule has 1 unspecified atom stereocenters. The molecule has 1 aromatic heterocycles. The maximum absolute atomic E-state index is 11.8. The zero-order chi connectivity index (χ0) is 13.0. The van der Waals surface area contributed by atoms with Crippen molar-refractivity contribution in [3.05, 3.63) is 21.2 Å². The first-order valence-electron chi connectivity index (χ1n) is 5.22. The Morgan fingerprint density at radius 2 is 2.35 bits per heavy atom. The molecule has 0 aliphatic heterocycles. The van der Waals surface area contributed by atoms with Crippen molar-refractivity contribution in [3.63, 3.8) is 0 Å². The van der Waals surface area contributed by atoms with E-state index in [2.05, 4.69) is 31.2 Å². The minimum atomic E-state index is -0.439. The van der Waals surface area contributed by atoms with Crippen molar-refractivity contribution in [1.29, 1.82) is 0 Å². The topological polar surface area (TPSA) is 78.1 Å². The smallest absolute Gasteiger partial charge is 0.267 e. The number of aromatic nitrogens is 2. The average molecular weight is 303 g/mol. The van der Waals surface area contributed by atoms with Crippen LogP contribution in [0.2, 0.25) is 0 Å². The van der Waals surface area contributed by atoms with Gasteiger partial charge in [0.1, 0.15) is 16.3 Å². The van der Waals surface area contributed by atoms with Gasteiger partial charge in [0.15, 0.2) is 0 Å². The van der Waals surface area contributed by atoms with Gasteiger partial charge in [-0.2, -0.15) is 0 Å². The molecule has 94 valence electrons. The maximum atomic E-state index is 11.8. The monoisotopic (exact) mass is 302 g/mol. The third-order valence-electron chi connectivity index (χ3n) is 2.37. The second-order valence-electron chi connectivity index (χ2n) is 3.61. The number of nitrogens with one attached hydrogen (secondary N) is 2. The number of hydrogen-bond acceptors (Lipinski definition) is 4. The molecule has 1 heterocycles. The summed E-state index contributed by atoms with van der Waals surface area (Å²) in [6, 6.07) is -0.439. The van der Waals surface area contributed by atoms with Crippen LogP contribution >= 0.6 is 15.9 Å². The van der Waals surface area contributed by atoms with Gasteiger partial charge in [-0.15, -0.1) is 0 Å². The molecule has 0 aliphatic carbocycles. The van der Waals surface area contributed by atoms with Crippen molar-refractivity contribution in [2.75, 3.05) is 18.9 Å². The highest BCUT2D eigenvalue weighted by molar-refractivity contribution is 9.10. The van der Waals surface area contributed by atoms with E-state index in [0.717, 1.165) is 0 Å². The summed E-state index contributed by atoms with van der Waals surface area (Å²) >= 11 is 3.12. The fraction of sp³-hybridized carbons (Fsp3) is 0.500. The van der Waals surface area contributed by atoms with Crippen LogP contribution in [0.5, 0.6) is 0 Å². The van der Waals surface area contributed by atoms with E-state index in [4.69, 9.17) is 0 Å². The predicted molar refractivity (Wildman–Crippen MR) is 69.0 cm³/mol. The van der Waals surface area contributed by atoms with Crippen LogP contribution in [-0.4, -0.2) is 40.4 Å². The molecule has 0 fully saturated rings. The van der Waals surface area contributed by atoms with Crippen molar-refractivity contribution in [2.45, 2.75) is 19.9 Å². The molecule has 2 N–H and O–H groups in total. The van der Waals surface area contributed by atoms with Crippen LogP contribution in [0.15, 0.2) is 15.6 Å². The third-order valence-corrected chi connectivity index (χ3v) is 3.11. The molecule has 0 aromatic carbocycles. The summed E-state index contributed by atoms with van der Waals surface area (Å²) in [5.41, 5.74) is -0.286. The molecule has 17 heavy (non-hydrogen) atoms. The number of nitrogens with zero attached hydrogens (tertiary/aromatic N) is 2. The summed E-state index contributed by atoms with van der Waals surface area (Å²) in [4.78, 5) is 31.1. The molecule has 0 bridgehead atoms. The molecule has 0 radical (unpaired) electrons. The molecule has 6 nitrogen and oxygen atoms in total. The number of aromatic amines is 1. The van der Waals surface area contributed by atoms with Crippen LogP contribution < -0.4 is 10.9 Å². The highest BCUT2D eigenvalue weighted by Gasteiger charge is 2.18. The summed E-state index contributed by atoms with van der Waals surface area (Å²) in [7, 11) is 1.72. The van der Waals surface area contributed by atoms with Gasteiger partial charge in [0.2, 0.25) is 5.91 Å². The Kier molecular flexibility index (Phi) is 4.68. The second-order valence-corrected chi connectivity index (χ2v) is 4.41. The standard InChI is InChI=1S/C10H15BrN4O2/c1-4-15(3)10(17)6(2)14-8-7(11)9(16)13-5-12-8/h5-6H,4H2,1-3H3,(H2,12,13,14,16). The van der Waals surface area contributed by atoms with Gasteiger partial charge >= 0.3 is 0 Å². The van der Waals surface area contributed by atoms with Crippen molar-refractivity contribution >= 4 is 27.7 Å².